The number of fused-ring (bicyclic) bond motifs is 3. The number of benzene rings is 3. The quantitative estimate of drug-likeness (QED) is 0.155. The van der Waals surface area contributed by atoms with Gasteiger partial charge in [-0.3, -0.25) is 4.79 Å². The summed E-state index contributed by atoms with van der Waals surface area (Å²) in [5.41, 5.74) is 5.16. The van der Waals surface area contributed by atoms with Gasteiger partial charge in [-0.1, -0.05) is 54.9 Å². The molecule has 0 amide bonds. The molecule has 0 fully saturated rings. The molecule has 0 bridgehead atoms. The van der Waals surface area contributed by atoms with Gasteiger partial charge in [0.2, 0.25) is 0 Å². The van der Waals surface area contributed by atoms with Crippen molar-refractivity contribution in [3.63, 3.8) is 0 Å². The van der Waals surface area contributed by atoms with E-state index < -0.39 is 5.97 Å². The minimum Gasteiger partial charge on any atom is -0.341 e. The minimum absolute atomic E-state index is 0.00384. The summed E-state index contributed by atoms with van der Waals surface area (Å²) in [7, 11) is 0. The third kappa shape index (κ3) is 4.06. The van der Waals surface area contributed by atoms with Crippen molar-refractivity contribution >= 4 is 39.3 Å². The number of nitrogens with zero attached hydrogens (tertiary/aromatic N) is 2. The number of aryl methyl sites for hydroxylation is 1. The topological polar surface area (TPSA) is 60.7 Å². The molecule has 4 aromatic rings. The van der Waals surface area contributed by atoms with Crippen molar-refractivity contribution in [3.05, 3.63) is 83.4 Å². The summed E-state index contributed by atoms with van der Waals surface area (Å²) >= 11 is 0. The third-order valence-corrected chi connectivity index (χ3v) is 5.58. The highest BCUT2D eigenvalue weighted by Crippen LogP contribution is 2.31. The van der Waals surface area contributed by atoms with Gasteiger partial charge in [-0.25, -0.2) is 4.79 Å². The molecular formula is C27H26N2O3. The number of rotatable bonds is 7. The number of ketones is 1. The third-order valence-electron chi connectivity index (χ3n) is 5.58. The highest BCUT2D eigenvalue weighted by atomic mass is 16.7. The Morgan fingerprint density at radius 2 is 1.47 bits per heavy atom. The Hall–Kier alpha value is -3.73. The first-order chi connectivity index (χ1) is 15.5. The average Bonchev–Trinajstić information content (AvgIpc) is 3.13. The van der Waals surface area contributed by atoms with Gasteiger partial charge in [-0.15, -0.1) is 0 Å². The zero-order valence-corrected chi connectivity index (χ0v) is 18.6. The van der Waals surface area contributed by atoms with Crippen LogP contribution >= 0.6 is 0 Å². The van der Waals surface area contributed by atoms with Crippen LogP contribution in [0, 0.1) is 0 Å². The van der Waals surface area contributed by atoms with Crippen molar-refractivity contribution in [2.75, 3.05) is 0 Å². The highest BCUT2D eigenvalue weighted by Gasteiger charge is 2.16. The van der Waals surface area contributed by atoms with Gasteiger partial charge in [0.25, 0.3) is 0 Å². The van der Waals surface area contributed by atoms with Gasteiger partial charge in [0, 0.05) is 52.0 Å². The zero-order valence-electron chi connectivity index (χ0n) is 18.6. The molecule has 0 aliphatic heterocycles. The van der Waals surface area contributed by atoms with E-state index in [1.54, 1.807) is 0 Å². The van der Waals surface area contributed by atoms with E-state index in [2.05, 4.69) is 35.7 Å². The molecule has 4 rings (SSSR count). The fraction of sp³-hybridized carbons (Fsp3) is 0.222. The number of hydrogen-bond acceptors (Lipinski definition) is 4. The molecular weight excluding hydrogens is 400 g/mol. The lowest BCUT2D eigenvalue weighted by Crippen LogP contribution is -2.04. The van der Waals surface area contributed by atoms with Crippen LogP contribution in [0.2, 0.25) is 0 Å². The van der Waals surface area contributed by atoms with Crippen LogP contribution in [0.4, 0.5) is 0 Å². The molecule has 0 aliphatic rings. The van der Waals surface area contributed by atoms with Crippen LogP contribution in [-0.4, -0.2) is 22.0 Å². The minimum atomic E-state index is -0.439. The van der Waals surface area contributed by atoms with E-state index in [-0.39, 0.29) is 5.78 Å². The molecule has 32 heavy (non-hydrogen) atoms. The van der Waals surface area contributed by atoms with E-state index >= 15 is 0 Å². The molecule has 1 heterocycles. The summed E-state index contributed by atoms with van der Waals surface area (Å²) in [6, 6.07) is 21.4. The maximum absolute atomic E-state index is 13.0. The van der Waals surface area contributed by atoms with E-state index in [9.17, 15) is 9.59 Å². The van der Waals surface area contributed by atoms with Gasteiger partial charge in [0.05, 0.1) is 5.71 Å². The number of carbonyl (C=O) groups excluding carboxylic acids is 2. The summed E-state index contributed by atoms with van der Waals surface area (Å²) in [6.45, 7) is 6.33. The summed E-state index contributed by atoms with van der Waals surface area (Å²) in [6.07, 6.45) is 1.58. The molecule has 1 aromatic heterocycles. The van der Waals surface area contributed by atoms with E-state index in [0.717, 1.165) is 46.0 Å². The lowest BCUT2D eigenvalue weighted by Gasteiger charge is -2.06. The molecule has 0 unspecified atom stereocenters. The molecule has 0 N–H and O–H groups in total. The molecule has 5 nitrogen and oxygen atoms in total. The van der Waals surface area contributed by atoms with Crippen LogP contribution in [0.15, 0.2) is 71.9 Å². The van der Waals surface area contributed by atoms with Gasteiger partial charge in [-0.05, 0) is 43.7 Å². The van der Waals surface area contributed by atoms with Crippen molar-refractivity contribution < 1.29 is 14.4 Å². The molecule has 0 saturated heterocycles. The van der Waals surface area contributed by atoms with E-state index in [1.165, 1.54) is 6.92 Å². The normalized spacial score (nSPS) is 11.8. The number of oxime groups is 1. The van der Waals surface area contributed by atoms with Crippen molar-refractivity contribution in [1.82, 2.24) is 4.57 Å². The van der Waals surface area contributed by atoms with Crippen LogP contribution in [0.25, 0.3) is 21.8 Å². The van der Waals surface area contributed by atoms with Crippen molar-refractivity contribution in [2.24, 2.45) is 5.16 Å². The van der Waals surface area contributed by atoms with E-state index in [4.69, 9.17) is 4.84 Å². The Kier molecular flexibility index (Phi) is 6.17. The Labute approximate surface area is 187 Å². The van der Waals surface area contributed by atoms with Crippen LogP contribution in [0.1, 0.15) is 55.1 Å². The standard InChI is InChI=1S/C27H26N2O3/c1-4-9-24(28-32-18(3)30)20-12-14-25-22(16-20)23-17-21(13-15-26(23)29(25)5-2)27(31)19-10-7-6-8-11-19/h6-8,10-17H,4-5,9H2,1-3H3/b28-24+. The fourth-order valence-electron chi connectivity index (χ4n) is 4.12. The second-order valence-electron chi connectivity index (χ2n) is 7.77. The molecule has 0 saturated carbocycles. The smallest absolute Gasteiger partial charge is 0.331 e. The maximum atomic E-state index is 13.0. The van der Waals surface area contributed by atoms with Gasteiger partial charge in [-0.2, -0.15) is 0 Å². The summed E-state index contributed by atoms with van der Waals surface area (Å²) in [5, 5.41) is 6.16. The van der Waals surface area contributed by atoms with Crippen LogP contribution in [0.5, 0.6) is 0 Å². The SMILES string of the molecule is CCC/C(=N\OC(C)=O)c1ccc2c(c1)c1cc(C(=O)c3ccccc3)ccc1n2CC. The molecule has 5 heteroatoms. The largest absolute Gasteiger partial charge is 0.341 e. The molecule has 0 aliphatic carbocycles. The summed E-state index contributed by atoms with van der Waals surface area (Å²) in [4.78, 5) is 29.2. The first kappa shape index (κ1) is 21.5. The molecule has 3 aromatic carbocycles. The highest BCUT2D eigenvalue weighted by molar-refractivity contribution is 6.16. The van der Waals surface area contributed by atoms with E-state index in [0.29, 0.717) is 17.5 Å². The lowest BCUT2D eigenvalue weighted by atomic mass is 9.99. The first-order valence-electron chi connectivity index (χ1n) is 10.9. The monoisotopic (exact) mass is 426 g/mol. The van der Waals surface area contributed by atoms with E-state index in [1.807, 2.05) is 54.6 Å². The average molecular weight is 427 g/mol. The Morgan fingerprint density at radius 1 is 0.844 bits per heavy atom. The Bertz CT molecular complexity index is 1330. The number of hydrogen-bond donors (Lipinski definition) is 0. The second kappa shape index (κ2) is 9.18. The van der Waals surface area contributed by atoms with Crippen LogP contribution in [0.3, 0.4) is 0 Å². The Balaban J connectivity index is 1.88. The molecule has 0 spiro atoms. The van der Waals surface area contributed by atoms with Crippen LogP contribution in [-0.2, 0) is 16.2 Å². The van der Waals surface area contributed by atoms with Gasteiger partial charge in [0.15, 0.2) is 5.78 Å². The molecule has 0 radical (unpaired) electrons. The molecule has 0 atom stereocenters. The van der Waals surface area contributed by atoms with Gasteiger partial charge < -0.3 is 9.40 Å². The maximum Gasteiger partial charge on any atom is 0.331 e. The van der Waals surface area contributed by atoms with Gasteiger partial charge >= 0.3 is 5.97 Å². The zero-order chi connectivity index (χ0) is 22.7. The summed E-state index contributed by atoms with van der Waals surface area (Å²) in [5.74, 6) is -0.435. The van der Waals surface area contributed by atoms with Crippen molar-refractivity contribution in [3.8, 4) is 0 Å². The van der Waals surface area contributed by atoms with Crippen molar-refractivity contribution in [1.29, 1.82) is 0 Å². The predicted molar refractivity (Wildman–Crippen MR) is 128 cm³/mol. The van der Waals surface area contributed by atoms with Gasteiger partial charge in [0.1, 0.15) is 0 Å². The summed E-state index contributed by atoms with van der Waals surface area (Å²) < 4.78 is 2.24. The Morgan fingerprint density at radius 3 is 2.06 bits per heavy atom. The molecule has 162 valence electrons. The predicted octanol–water partition coefficient (Wildman–Crippen LogP) is 6.11. The second-order valence-corrected chi connectivity index (χ2v) is 7.77. The van der Waals surface area contributed by atoms with Crippen LogP contribution < -0.4 is 0 Å². The lowest BCUT2D eigenvalue weighted by molar-refractivity contribution is -0.140. The number of carbonyl (C=O) groups is 2. The first-order valence-corrected chi connectivity index (χ1v) is 10.9. The fourth-order valence-corrected chi connectivity index (χ4v) is 4.12. The van der Waals surface area contributed by atoms with Crippen molar-refractivity contribution in [2.45, 2.75) is 40.2 Å². The number of aromatic nitrogens is 1.